The number of benzene rings is 2. The average Bonchev–Trinajstić information content (AvgIpc) is 2.67. The van der Waals surface area contributed by atoms with Crippen molar-refractivity contribution in [3.8, 4) is 0 Å². The van der Waals surface area contributed by atoms with Crippen LogP contribution < -0.4 is 4.90 Å². The summed E-state index contributed by atoms with van der Waals surface area (Å²) in [6.07, 6.45) is 0. The fourth-order valence-electron chi connectivity index (χ4n) is 3.04. The zero-order chi connectivity index (χ0) is 21.2. The minimum atomic E-state index is -4.38. The lowest BCUT2D eigenvalue weighted by atomic mass is 10.1. The van der Waals surface area contributed by atoms with Gasteiger partial charge in [-0.1, -0.05) is 11.6 Å². The van der Waals surface area contributed by atoms with Crippen molar-refractivity contribution in [1.29, 1.82) is 0 Å². The maximum atomic E-state index is 12.6. The molecule has 2 aromatic rings. The van der Waals surface area contributed by atoms with Crippen LogP contribution in [0.5, 0.6) is 0 Å². The lowest BCUT2D eigenvalue weighted by Gasteiger charge is -2.35. The highest BCUT2D eigenvalue weighted by Gasteiger charge is 2.30. The molecule has 154 valence electrons. The Kier molecular flexibility index (Phi) is 6.23. The number of piperazine rings is 1. The molecular formula is C18H15ClF3N3O3S. The van der Waals surface area contributed by atoms with Gasteiger partial charge < -0.3 is 9.80 Å². The zero-order valence-corrected chi connectivity index (χ0v) is 16.4. The predicted molar refractivity (Wildman–Crippen MR) is 105 cm³/mol. The van der Waals surface area contributed by atoms with Crippen molar-refractivity contribution in [2.45, 2.75) is 10.4 Å². The Balaban J connectivity index is 1.65. The molecule has 0 atom stereocenters. The standard InChI is InChI=1S/C18H15ClF3N3O3S/c19-13-3-6-15(16(11-13)25(27)28)23-7-9-24(10-8-23)17(26)12-1-4-14(5-2-12)29-18(20,21)22/h1-6,11H,7-10H2. The Morgan fingerprint density at radius 1 is 1.07 bits per heavy atom. The summed E-state index contributed by atoms with van der Waals surface area (Å²) in [6.45, 7) is 1.43. The van der Waals surface area contributed by atoms with Crippen LogP contribution in [-0.4, -0.2) is 47.4 Å². The molecule has 1 heterocycles. The van der Waals surface area contributed by atoms with Gasteiger partial charge >= 0.3 is 5.51 Å². The maximum Gasteiger partial charge on any atom is 0.446 e. The molecule has 0 spiro atoms. The number of alkyl halides is 3. The van der Waals surface area contributed by atoms with Crippen molar-refractivity contribution in [2.75, 3.05) is 31.1 Å². The number of rotatable bonds is 4. The number of nitrogens with zero attached hydrogens (tertiary/aromatic N) is 3. The molecule has 6 nitrogen and oxygen atoms in total. The SMILES string of the molecule is O=C(c1ccc(SC(F)(F)F)cc1)N1CCN(c2ccc(Cl)cc2[N+](=O)[O-])CC1. The van der Waals surface area contributed by atoms with Gasteiger partial charge in [0.1, 0.15) is 5.69 Å². The lowest BCUT2D eigenvalue weighted by Crippen LogP contribution is -2.48. The molecule has 0 N–H and O–H groups in total. The molecular weight excluding hydrogens is 431 g/mol. The second-order valence-electron chi connectivity index (χ2n) is 6.24. The fourth-order valence-corrected chi connectivity index (χ4v) is 3.75. The lowest BCUT2D eigenvalue weighted by molar-refractivity contribution is -0.384. The van der Waals surface area contributed by atoms with E-state index in [1.54, 1.807) is 21.9 Å². The van der Waals surface area contributed by atoms with Crippen LogP contribution in [0.15, 0.2) is 47.4 Å². The summed E-state index contributed by atoms with van der Waals surface area (Å²) >= 11 is 5.60. The van der Waals surface area contributed by atoms with Crippen LogP contribution in [0.2, 0.25) is 5.02 Å². The molecule has 1 amide bonds. The van der Waals surface area contributed by atoms with E-state index in [1.807, 2.05) is 0 Å². The molecule has 0 aromatic heterocycles. The van der Waals surface area contributed by atoms with Crippen molar-refractivity contribution in [3.63, 3.8) is 0 Å². The Bertz CT molecular complexity index is 917. The molecule has 1 fully saturated rings. The molecule has 0 radical (unpaired) electrons. The van der Waals surface area contributed by atoms with Gasteiger partial charge in [0.15, 0.2) is 0 Å². The van der Waals surface area contributed by atoms with E-state index < -0.39 is 10.4 Å². The van der Waals surface area contributed by atoms with Crippen LogP contribution in [-0.2, 0) is 0 Å². The molecule has 29 heavy (non-hydrogen) atoms. The predicted octanol–water partition coefficient (Wildman–Crippen LogP) is 4.82. The summed E-state index contributed by atoms with van der Waals surface area (Å²) < 4.78 is 37.2. The Morgan fingerprint density at radius 2 is 1.69 bits per heavy atom. The first-order valence-corrected chi connectivity index (χ1v) is 9.67. The largest absolute Gasteiger partial charge is 0.446 e. The highest BCUT2D eigenvalue weighted by Crippen LogP contribution is 2.37. The Hall–Kier alpha value is -2.46. The second kappa shape index (κ2) is 8.50. The van der Waals surface area contributed by atoms with Gasteiger partial charge in [-0.2, -0.15) is 13.2 Å². The van der Waals surface area contributed by atoms with Gasteiger partial charge in [-0.25, -0.2) is 0 Å². The molecule has 2 aromatic carbocycles. The van der Waals surface area contributed by atoms with Crippen LogP contribution in [0, 0.1) is 10.1 Å². The van der Waals surface area contributed by atoms with Gasteiger partial charge in [0.25, 0.3) is 11.6 Å². The molecule has 1 aliphatic heterocycles. The van der Waals surface area contributed by atoms with Crippen LogP contribution in [0.3, 0.4) is 0 Å². The van der Waals surface area contributed by atoms with Crippen molar-refractivity contribution in [1.82, 2.24) is 4.90 Å². The molecule has 0 aliphatic carbocycles. The highest BCUT2D eigenvalue weighted by atomic mass is 35.5. The topological polar surface area (TPSA) is 66.7 Å². The summed E-state index contributed by atoms with van der Waals surface area (Å²) in [5.74, 6) is -0.293. The fraction of sp³-hybridized carbons (Fsp3) is 0.278. The normalized spacial score (nSPS) is 14.8. The Morgan fingerprint density at radius 3 is 2.24 bits per heavy atom. The number of nitro benzene ring substituents is 1. The number of carbonyl (C=O) groups excluding carboxylic acids is 1. The third-order valence-corrected chi connectivity index (χ3v) is 5.35. The van der Waals surface area contributed by atoms with Crippen LogP contribution in [0.25, 0.3) is 0 Å². The first kappa shape index (κ1) is 21.3. The van der Waals surface area contributed by atoms with E-state index in [0.717, 1.165) is 0 Å². The number of hydrogen-bond donors (Lipinski definition) is 0. The minimum Gasteiger partial charge on any atom is -0.362 e. The smallest absolute Gasteiger partial charge is 0.362 e. The molecule has 11 heteroatoms. The number of hydrogen-bond acceptors (Lipinski definition) is 5. The number of amides is 1. The quantitative estimate of drug-likeness (QED) is 0.383. The van der Waals surface area contributed by atoms with Crippen molar-refractivity contribution in [3.05, 3.63) is 63.2 Å². The van der Waals surface area contributed by atoms with Gasteiger partial charge in [0.05, 0.1) is 4.92 Å². The van der Waals surface area contributed by atoms with Crippen LogP contribution in [0.4, 0.5) is 24.5 Å². The number of nitro groups is 1. The van der Waals surface area contributed by atoms with Gasteiger partial charge in [0.2, 0.25) is 0 Å². The zero-order valence-electron chi connectivity index (χ0n) is 14.9. The van der Waals surface area contributed by atoms with E-state index >= 15 is 0 Å². The summed E-state index contributed by atoms with van der Waals surface area (Å²) in [6, 6.07) is 9.70. The van der Waals surface area contributed by atoms with E-state index in [4.69, 9.17) is 11.6 Å². The summed E-state index contributed by atoms with van der Waals surface area (Å²) in [4.78, 5) is 26.8. The maximum absolute atomic E-state index is 12.6. The van der Waals surface area contributed by atoms with E-state index in [9.17, 15) is 28.1 Å². The van der Waals surface area contributed by atoms with Gasteiger partial charge in [-0.15, -0.1) is 0 Å². The summed E-state index contributed by atoms with van der Waals surface area (Å²) in [5.41, 5.74) is -3.76. The first-order chi connectivity index (χ1) is 13.6. The number of halogens is 4. The number of thioether (sulfide) groups is 1. The van der Waals surface area contributed by atoms with Crippen LogP contribution >= 0.6 is 23.4 Å². The molecule has 0 bridgehead atoms. The second-order valence-corrected chi connectivity index (χ2v) is 7.82. The Labute approximate surface area is 173 Å². The number of carbonyl (C=O) groups is 1. The third kappa shape index (κ3) is 5.33. The van der Waals surface area contributed by atoms with Crippen LogP contribution in [0.1, 0.15) is 10.4 Å². The molecule has 0 unspecified atom stereocenters. The highest BCUT2D eigenvalue weighted by molar-refractivity contribution is 8.00. The molecule has 3 rings (SSSR count). The minimum absolute atomic E-state index is 0.00826. The van der Waals surface area contributed by atoms with Gasteiger partial charge in [-0.3, -0.25) is 14.9 Å². The third-order valence-electron chi connectivity index (χ3n) is 4.38. The molecule has 1 aliphatic rings. The van der Waals surface area contributed by atoms with Gasteiger partial charge in [-0.05, 0) is 48.2 Å². The summed E-state index contributed by atoms with van der Waals surface area (Å²) in [7, 11) is 0. The van der Waals surface area contributed by atoms with E-state index in [2.05, 4.69) is 0 Å². The summed E-state index contributed by atoms with van der Waals surface area (Å²) in [5, 5.41) is 11.5. The number of anilines is 1. The monoisotopic (exact) mass is 445 g/mol. The van der Waals surface area contributed by atoms with E-state index in [0.29, 0.717) is 37.4 Å². The van der Waals surface area contributed by atoms with Crippen molar-refractivity contribution in [2.24, 2.45) is 0 Å². The molecule has 0 saturated carbocycles. The average molecular weight is 446 g/mol. The molecule has 1 saturated heterocycles. The first-order valence-electron chi connectivity index (χ1n) is 8.48. The van der Waals surface area contributed by atoms with Crippen molar-refractivity contribution >= 4 is 40.6 Å². The van der Waals surface area contributed by atoms with E-state index in [1.165, 1.54) is 30.3 Å². The van der Waals surface area contributed by atoms with E-state index in [-0.39, 0.29) is 33.3 Å². The van der Waals surface area contributed by atoms with Crippen molar-refractivity contribution < 1.29 is 22.9 Å². The van der Waals surface area contributed by atoms with Gasteiger partial charge in [0, 0.05) is 47.7 Å².